The highest BCUT2D eigenvalue weighted by atomic mass is 35.5. The van der Waals surface area contributed by atoms with E-state index in [0.717, 1.165) is 0 Å². The van der Waals surface area contributed by atoms with Gasteiger partial charge in [-0.15, -0.1) is 0 Å². The lowest BCUT2D eigenvalue weighted by Crippen LogP contribution is -2.42. The van der Waals surface area contributed by atoms with Gasteiger partial charge in [0, 0.05) is 5.02 Å². The molecular formula is C16H19Cl3O4. The Bertz CT molecular complexity index is 560. The minimum Gasteiger partial charge on any atom is -0.465 e. The molecule has 1 rings (SSSR count). The molecule has 7 heteroatoms. The molecule has 1 aromatic carbocycles. The van der Waals surface area contributed by atoms with Crippen LogP contribution in [-0.2, 0) is 14.3 Å². The number of halogens is 3. The van der Waals surface area contributed by atoms with Gasteiger partial charge in [0.2, 0.25) is 0 Å². The fraction of sp³-hybridized carbons (Fsp3) is 0.500. The first-order valence-electron chi connectivity index (χ1n) is 7.36. The summed E-state index contributed by atoms with van der Waals surface area (Å²) in [6.07, 6.45) is 1.15. The summed E-state index contributed by atoms with van der Waals surface area (Å²) in [5, 5.41) is 0.511. The third kappa shape index (κ3) is 4.52. The van der Waals surface area contributed by atoms with E-state index >= 15 is 0 Å². The maximum Gasteiger partial charge on any atom is 0.328 e. The smallest absolute Gasteiger partial charge is 0.328 e. The molecule has 0 saturated heterocycles. The molecule has 0 unspecified atom stereocenters. The molecule has 1 aromatic rings. The average molecular weight is 382 g/mol. The van der Waals surface area contributed by atoms with Crippen LogP contribution in [0.15, 0.2) is 12.1 Å². The van der Waals surface area contributed by atoms with Crippen LogP contribution >= 0.6 is 34.8 Å². The van der Waals surface area contributed by atoms with Crippen LogP contribution in [0.25, 0.3) is 0 Å². The van der Waals surface area contributed by atoms with Crippen LogP contribution in [0, 0.1) is 5.41 Å². The maximum atomic E-state index is 12.6. The predicted molar refractivity (Wildman–Crippen MR) is 91.4 cm³/mol. The van der Waals surface area contributed by atoms with Gasteiger partial charge in [0.25, 0.3) is 0 Å². The third-order valence-corrected chi connectivity index (χ3v) is 4.36. The van der Waals surface area contributed by atoms with Crippen molar-refractivity contribution in [3.63, 3.8) is 0 Å². The van der Waals surface area contributed by atoms with Gasteiger partial charge in [-0.1, -0.05) is 55.6 Å². The largest absolute Gasteiger partial charge is 0.465 e. The average Bonchev–Trinajstić information content (AvgIpc) is 2.50. The molecule has 0 N–H and O–H groups in total. The minimum absolute atomic E-state index is 0.0164. The van der Waals surface area contributed by atoms with Crippen LogP contribution in [-0.4, -0.2) is 18.5 Å². The Kier molecular flexibility index (Phi) is 7.65. The first-order valence-corrected chi connectivity index (χ1v) is 8.49. The van der Waals surface area contributed by atoms with Gasteiger partial charge in [0.15, 0.2) is 11.2 Å². The highest BCUT2D eigenvalue weighted by molar-refractivity contribution is 6.40. The Morgan fingerprint density at radius 3 is 1.96 bits per heavy atom. The van der Waals surface area contributed by atoms with Gasteiger partial charge in [0.1, 0.15) is 0 Å². The topological polar surface area (TPSA) is 52.6 Å². The van der Waals surface area contributed by atoms with E-state index in [9.17, 15) is 9.59 Å². The first-order chi connectivity index (χ1) is 10.8. The van der Waals surface area contributed by atoms with Crippen molar-refractivity contribution < 1.29 is 19.1 Å². The van der Waals surface area contributed by atoms with Crippen molar-refractivity contribution in [2.45, 2.75) is 40.0 Å². The van der Waals surface area contributed by atoms with E-state index < -0.39 is 17.4 Å². The summed E-state index contributed by atoms with van der Waals surface area (Å²) in [4.78, 5) is 24.9. The molecule has 0 aliphatic heterocycles. The number of rotatable bonds is 7. The Morgan fingerprint density at radius 1 is 1.00 bits per heavy atom. The molecule has 0 spiro atoms. The van der Waals surface area contributed by atoms with E-state index in [1.807, 2.05) is 6.92 Å². The van der Waals surface area contributed by atoms with Crippen LogP contribution < -0.4 is 4.74 Å². The molecule has 128 valence electrons. The number of carbonyl (C=O) groups excluding carboxylic acids is 2. The number of hydrogen-bond acceptors (Lipinski definition) is 4. The van der Waals surface area contributed by atoms with Crippen molar-refractivity contribution in [2.24, 2.45) is 5.41 Å². The number of hydrogen-bond donors (Lipinski definition) is 0. The van der Waals surface area contributed by atoms with E-state index in [1.165, 1.54) is 12.1 Å². The van der Waals surface area contributed by atoms with Crippen LogP contribution in [0.3, 0.4) is 0 Å². The zero-order valence-electron chi connectivity index (χ0n) is 13.3. The number of carbonyl (C=O) groups is 2. The highest BCUT2D eigenvalue weighted by Crippen LogP contribution is 2.38. The Morgan fingerprint density at radius 2 is 1.52 bits per heavy atom. The van der Waals surface area contributed by atoms with E-state index in [2.05, 4.69) is 0 Å². The second-order valence-electron chi connectivity index (χ2n) is 5.01. The fourth-order valence-electron chi connectivity index (χ4n) is 2.06. The lowest BCUT2D eigenvalue weighted by Gasteiger charge is -2.27. The molecule has 23 heavy (non-hydrogen) atoms. The molecule has 0 aliphatic carbocycles. The summed E-state index contributed by atoms with van der Waals surface area (Å²) in [6, 6.07) is 2.82. The van der Waals surface area contributed by atoms with Crippen LogP contribution in [0.1, 0.15) is 40.0 Å². The zero-order valence-corrected chi connectivity index (χ0v) is 15.5. The molecule has 0 heterocycles. The molecule has 0 atom stereocenters. The van der Waals surface area contributed by atoms with Crippen molar-refractivity contribution in [2.75, 3.05) is 6.61 Å². The molecule has 0 amide bonds. The standard InChI is InChI=1S/C16H19Cl3O4/c1-4-7-22-14(20)16(5-2,6-3)15(21)23-13-11(18)8-10(17)9-12(13)19/h8-9H,4-7H2,1-3H3. The molecule has 0 radical (unpaired) electrons. The van der Waals surface area contributed by atoms with Gasteiger partial charge in [0.05, 0.1) is 16.7 Å². The molecular weight excluding hydrogens is 363 g/mol. The van der Waals surface area contributed by atoms with E-state index in [-0.39, 0.29) is 35.2 Å². The van der Waals surface area contributed by atoms with E-state index in [4.69, 9.17) is 44.3 Å². The Labute approximate surface area is 151 Å². The lowest BCUT2D eigenvalue weighted by molar-refractivity contribution is -0.168. The highest BCUT2D eigenvalue weighted by Gasteiger charge is 2.46. The first kappa shape index (κ1) is 20.1. The summed E-state index contributed by atoms with van der Waals surface area (Å²) in [6.45, 7) is 5.57. The normalized spacial score (nSPS) is 11.2. The van der Waals surface area contributed by atoms with Crippen LogP contribution in [0.4, 0.5) is 0 Å². The fourth-order valence-corrected chi connectivity index (χ4v) is 2.95. The van der Waals surface area contributed by atoms with E-state index in [0.29, 0.717) is 11.4 Å². The maximum absolute atomic E-state index is 12.6. The minimum atomic E-state index is -1.39. The van der Waals surface area contributed by atoms with Crippen molar-refractivity contribution in [3.8, 4) is 5.75 Å². The predicted octanol–water partition coefficient (Wildman–Crippen LogP) is 5.31. The van der Waals surface area contributed by atoms with Crippen molar-refractivity contribution in [3.05, 3.63) is 27.2 Å². The number of benzene rings is 1. The summed E-state index contributed by atoms with van der Waals surface area (Å²) >= 11 is 17.9. The molecule has 0 fully saturated rings. The summed E-state index contributed by atoms with van der Waals surface area (Å²) in [5.74, 6) is -1.36. The Hall–Kier alpha value is -0.970. The number of esters is 2. The van der Waals surface area contributed by atoms with Gasteiger partial charge in [-0.25, -0.2) is 0 Å². The van der Waals surface area contributed by atoms with Crippen LogP contribution in [0.2, 0.25) is 15.1 Å². The monoisotopic (exact) mass is 380 g/mol. The van der Waals surface area contributed by atoms with Crippen molar-refractivity contribution in [1.82, 2.24) is 0 Å². The van der Waals surface area contributed by atoms with Crippen molar-refractivity contribution in [1.29, 1.82) is 0 Å². The quantitative estimate of drug-likeness (QED) is 0.365. The molecule has 0 aromatic heterocycles. The van der Waals surface area contributed by atoms with Gasteiger partial charge in [-0.3, -0.25) is 9.59 Å². The molecule has 0 bridgehead atoms. The second kappa shape index (κ2) is 8.76. The molecule has 0 aliphatic rings. The van der Waals surface area contributed by atoms with Gasteiger partial charge < -0.3 is 9.47 Å². The van der Waals surface area contributed by atoms with Gasteiger partial charge >= 0.3 is 11.9 Å². The summed E-state index contributed by atoms with van der Waals surface area (Å²) in [5.41, 5.74) is -1.39. The molecule has 0 saturated carbocycles. The van der Waals surface area contributed by atoms with Crippen molar-refractivity contribution >= 4 is 46.7 Å². The van der Waals surface area contributed by atoms with E-state index in [1.54, 1.807) is 13.8 Å². The van der Waals surface area contributed by atoms with Crippen LogP contribution in [0.5, 0.6) is 5.75 Å². The lowest BCUT2D eigenvalue weighted by atomic mass is 9.82. The Balaban J connectivity index is 3.11. The SMILES string of the molecule is CCCOC(=O)C(CC)(CC)C(=O)Oc1c(Cl)cc(Cl)cc1Cl. The summed E-state index contributed by atoms with van der Waals surface area (Å²) in [7, 11) is 0. The summed E-state index contributed by atoms with van der Waals surface area (Å²) < 4.78 is 10.5. The molecule has 4 nitrogen and oxygen atoms in total. The second-order valence-corrected chi connectivity index (χ2v) is 6.26. The van der Waals surface area contributed by atoms with Gasteiger partial charge in [-0.2, -0.15) is 0 Å². The van der Waals surface area contributed by atoms with Gasteiger partial charge in [-0.05, 0) is 31.4 Å². The zero-order chi connectivity index (χ0) is 17.6. The number of ether oxygens (including phenoxy) is 2. The third-order valence-electron chi connectivity index (χ3n) is 3.58.